The second kappa shape index (κ2) is 7.82. The molecule has 2 rings (SSSR count). The van der Waals surface area contributed by atoms with E-state index in [1.165, 1.54) is 0 Å². The predicted octanol–water partition coefficient (Wildman–Crippen LogP) is 3.21. The van der Waals surface area contributed by atoms with Crippen molar-refractivity contribution in [2.75, 3.05) is 12.0 Å². The summed E-state index contributed by atoms with van der Waals surface area (Å²) >= 11 is 10.9. The normalized spacial score (nSPS) is 10.1. The second-order valence-electron chi connectivity index (χ2n) is 4.43. The summed E-state index contributed by atoms with van der Waals surface area (Å²) in [6.45, 7) is 0. The van der Waals surface area contributed by atoms with Gasteiger partial charge in [-0.25, -0.2) is 0 Å². The number of amides is 2. The van der Waals surface area contributed by atoms with Gasteiger partial charge in [-0.1, -0.05) is 24.3 Å². The Hall–Kier alpha value is -2.04. The minimum Gasteiger partial charge on any atom is -0.339 e. The van der Waals surface area contributed by atoms with Crippen molar-refractivity contribution in [2.24, 2.45) is 0 Å². The molecule has 6 heteroatoms. The van der Waals surface area contributed by atoms with Crippen LogP contribution in [0.5, 0.6) is 0 Å². The number of carbonyl (C=O) groups excluding carboxylic acids is 2. The van der Waals surface area contributed by atoms with Gasteiger partial charge in [-0.2, -0.15) is 0 Å². The maximum absolute atomic E-state index is 11.6. The van der Waals surface area contributed by atoms with Crippen molar-refractivity contribution in [3.05, 3.63) is 59.7 Å². The minimum atomic E-state index is -0.213. The van der Waals surface area contributed by atoms with Crippen LogP contribution in [-0.4, -0.2) is 23.8 Å². The first-order chi connectivity index (χ1) is 10.7. The van der Waals surface area contributed by atoms with Crippen LogP contribution in [0.15, 0.2) is 48.5 Å². The molecule has 0 heterocycles. The van der Waals surface area contributed by atoms with Crippen molar-refractivity contribution >= 4 is 35.0 Å². The number of carbonyl (C=O) groups is 2. The molecule has 0 spiro atoms. The first kappa shape index (κ1) is 16.3. The van der Waals surface area contributed by atoms with Gasteiger partial charge in [0.05, 0.1) is 12.0 Å². The molecule has 0 bridgehead atoms. The lowest BCUT2D eigenvalue weighted by Crippen LogP contribution is -2.21. The molecular weight excluding hydrogens is 323 g/mol. The van der Waals surface area contributed by atoms with E-state index < -0.39 is 0 Å². The first-order valence-electron chi connectivity index (χ1n) is 6.54. The second-order valence-corrected chi connectivity index (χ2v) is 4.97. The number of rotatable bonds is 5. The molecule has 0 saturated heterocycles. The summed E-state index contributed by atoms with van der Waals surface area (Å²) in [5.41, 5.74) is 2.99. The molecule has 0 unspecified atom stereocenters. The molecule has 4 nitrogen and oxygen atoms in total. The maximum atomic E-state index is 11.6. The highest BCUT2D eigenvalue weighted by atomic mass is 35.5. The lowest BCUT2D eigenvalue weighted by Gasteiger charge is -2.06. The third kappa shape index (κ3) is 4.00. The molecule has 0 aliphatic heterocycles. The summed E-state index contributed by atoms with van der Waals surface area (Å²) in [5.74, 6) is -0.427. The Kier molecular flexibility index (Phi) is 5.81. The molecule has 0 saturated carbocycles. The predicted molar refractivity (Wildman–Crippen MR) is 88.3 cm³/mol. The number of alkyl halides is 2. The molecule has 2 aromatic rings. The lowest BCUT2D eigenvalue weighted by atomic mass is 10.0. The molecule has 0 aliphatic carbocycles. The highest BCUT2D eigenvalue weighted by molar-refractivity contribution is 6.19. The van der Waals surface area contributed by atoms with Crippen molar-refractivity contribution in [2.45, 2.75) is 0 Å². The van der Waals surface area contributed by atoms with Gasteiger partial charge in [0.2, 0.25) is 0 Å². The van der Waals surface area contributed by atoms with Crippen molar-refractivity contribution in [3.8, 4) is 11.1 Å². The quantitative estimate of drug-likeness (QED) is 0.650. The number of nitrogens with one attached hydrogen (secondary N) is 2. The molecule has 22 heavy (non-hydrogen) atoms. The number of hydrogen-bond donors (Lipinski definition) is 2. The van der Waals surface area contributed by atoms with Crippen molar-refractivity contribution in [3.63, 3.8) is 0 Å². The largest absolute Gasteiger partial charge is 0.339 e. The molecule has 2 aromatic carbocycles. The van der Waals surface area contributed by atoms with Gasteiger partial charge < -0.3 is 10.6 Å². The molecule has 0 aromatic heterocycles. The number of hydrogen-bond acceptors (Lipinski definition) is 2. The van der Waals surface area contributed by atoms with E-state index in [0.717, 1.165) is 11.1 Å². The summed E-state index contributed by atoms with van der Waals surface area (Å²) in [6, 6.07) is 14.4. The summed E-state index contributed by atoms with van der Waals surface area (Å²) in [6.07, 6.45) is 0. The van der Waals surface area contributed by atoms with Gasteiger partial charge in [0.1, 0.15) is 0 Å². The zero-order chi connectivity index (χ0) is 15.9. The van der Waals surface area contributed by atoms with Crippen LogP contribution < -0.4 is 10.6 Å². The van der Waals surface area contributed by atoms with E-state index in [1.807, 2.05) is 24.3 Å². The fraction of sp³-hybridized carbons (Fsp3) is 0.125. The van der Waals surface area contributed by atoms with Gasteiger partial charge in [-0.3, -0.25) is 9.59 Å². The minimum absolute atomic E-state index is 0.0758. The van der Waals surface area contributed by atoms with Gasteiger partial charge in [-0.15, -0.1) is 23.2 Å². The SMILES string of the molecule is O=C(NCCl)c1ccc(-c2ccc(C(=O)NCCl)cc2)cc1. The molecule has 2 amide bonds. The molecule has 0 aliphatic rings. The van der Waals surface area contributed by atoms with Gasteiger partial charge >= 0.3 is 0 Å². The summed E-state index contributed by atoms with van der Waals surface area (Å²) in [5, 5.41) is 5.05. The van der Waals surface area contributed by atoms with Crippen LogP contribution in [0.3, 0.4) is 0 Å². The van der Waals surface area contributed by atoms with Crippen LogP contribution in [0.2, 0.25) is 0 Å². The zero-order valence-electron chi connectivity index (χ0n) is 11.6. The average molecular weight is 337 g/mol. The molecule has 2 N–H and O–H groups in total. The Morgan fingerprint density at radius 1 is 0.682 bits per heavy atom. The van der Waals surface area contributed by atoms with E-state index in [1.54, 1.807) is 24.3 Å². The van der Waals surface area contributed by atoms with E-state index in [0.29, 0.717) is 11.1 Å². The van der Waals surface area contributed by atoms with Gasteiger partial charge in [0.15, 0.2) is 0 Å². The Morgan fingerprint density at radius 3 is 1.27 bits per heavy atom. The zero-order valence-corrected chi connectivity index (χ0v) is 13.1. The van der Waals surface area contributed by atoms with Crippen LogP contribution in [0, 0.1) is 0 Å². The summed E-state index contributed by atoms with van der Waals surface area (Å²) < 4.78 is 0. The van der Waals surface area contributed by atoms with Crippen LogP contribution in [0.4, 0.5) is 0 Å². The fourth-order valence-electron chi connectivity index (χ4n) is 1.95. The lowest BCUT2D eigenvalue weighted by molar-refractivity contribution is 0.0952. The highest BCUT2D eigenvalue weighted by Gasteiger charge is 2.07. The monoisotopic (exact) mass is 336 g/mol. The van der Waals surface area contributed by atoms with Gasteiger partial charge in [0, 0.05) is 11.1 Å². The smallest absolute Gasteiger partial charge is 0.252 e. The standard InChI is InChI=1S/C16H14Cl2N2O2/c17-9-19-15(21)13-5-1-11(2-6-13)12-3-7-14(8-4-12)16(22)20-10-18/h1-8H,9-10H2,(H,19,21)(H,20,22). The van der Waals surface area contributed by atoms with E-state index in [9.17, 15) is 9.59 Å². The van der Waals surface area contributed by atoms with Crippen LogP contribution in [0.25, 0.3) is 11.1 Å². The maximum Gasteiger partial charge on any atom is 0.252 e. The van der Waals surface area contributed by atoms with E-state index in [4.69, 9.17) is 23.2 Å². The van der Waals surface area contributed by atoms with E-state index in [2.05, 4.69) is 10.6 Å². The topological polar surface area (TPSA) is 58.2 Å². The van der Waals surface area contributed by atoms with Gasteiger partial charge in [-0.05, 0) is 35.4 Å². The summed E-state index contributed by atoms with van der Waals surface area (Å²) in [4.78, 5) is 23.2. The molecular formula is C16H14Cl2N2O2. The Balaban J connectivity index is 2.15. The third-order valence-corrected chi connectivity index (χ3v) is 3.35. The van der Waals surface area contributed by atoms with Crippen LogP contribution >= 0.6 is 23.2 Å². The Morgan fingerprint density at radius 2 is 1.00 bits per heavy atom. The molecule has 114 valence electrons. The molecule has 0 fully saturated rings. The Labute approximate surface area is 138 Å². The van der Waals surface area contributed by atoms with E-state index in [-0.39, 0.29) is 23.8 Å². The number of benzene rings is 2. The number of halogens is 2. The Bertz CT molecular complexity index is 595. The first-order valence-corrected chi connectivity index (χ1v) is 7.61. The van der Waals surface area contributed by atoms with Crippen molar-refractivity contribution in [1.82, 2.24) is 10.6 Å². The molecule has 0 atom stereocenters. The van der Waals surface area contributed by atoms with Crippen LogP contribution in [0.1, 0.15) is 20.7 Å². The third-order valence-electron chi connectivity index (χ3n) is 3.08. The highest BCUT2D eigenvalue weighted by Crippen LogP contribution is 2.20. The van der Waals surface area contributed by atoms with Gasteiger partial charge in [0.25, 0.3) is 11.8 Å². The van der Waals surface area contributed by atoms with Crippen molar-refractivity contribution in [1.29, 1.82) is 0 Å². The van der Waals surface area contributed by atoms with E-state index >= 15 is 0 Å². The fourth-order valence-corrected chi connectivity index (χ4v) is 2.20. The van der Waals surface area contributed by atoms with Crippen molar-refractivity contribution < 1.29 is 9.59 Å². The molecule has 0 radical (unpaired) electrons. The average Bonchev–Trinajstić information content (AvgIpc) is 2.55. The summed E-state index contributed by atoms with van der Waals surface area (Å²) in [7, 11) is 0. The van der Waals surface area contributed by atoms with Crippen LogP contribution in [-0.2, 0) is 0 Å².